The predicted octanol–water partition coefficient (Wildman–Crippen LogP) is 2.71. The normalized spacial score (nSPS) is 23.4. The van der Waals surface area contributed by atoms with Crippen LogP contribution < -0.4 is 5.32 Å². The molecule has 2 heterocycles. The number of nitrogens with one attached hydrogen (secondary N) is 1. The van der Waals surface area contributed by atoms with E-state index in [4.69, 9.17) is 11.6 Å². The van der Waals surface area contributed by atoms with Gasteiger partial charge in [-0.2, -0.15) is 9.78 Å². The molecule has 2 fully saturated rings. The van der Waals surface area contributed by atoms with Gasteiger partial charge in [-0.1, -0.05) is 29.8 Å². The van der Waals surface area contributed by atoms with Crippen LogP contribution in [-0.2, 0) is 6.54 Å². The molecule has 2 aromatic rings. The lowest BCUT2D eigenvalue weighted by Gasteiger charge is -2.26. The van der Waals surface area contributed by atoms with E-state index in [0.29, 0.717) is 23.4 Å². The highest BCUT2D eigenvalue weighted by atomic mass is 35.5. The SMILES string of the molecule is CNC(=O)c1cnn(C(=O)N2CC3CC(N(C)Cc4ccccc4Cl)C[C@H]3C2)c1. The molecule has 3 atom stereocenters. The smallest absolute Gasteiger partial charge is 0.344 e. The number of aromatic nitrogens is 2. The van der Waals surface area contributed by atoms with Crippen LogP contribution in [0.1, 0.15) is 28.8 Å². The van der Waals surface area contributed by atoms with Crippen molar-refractivity contribution in [3.8, 4) is 0 Å². The second-order valence-electron chi connectivity index (χ2n) is 8.09. The fraction of sp³-hybridized carbons (Fsp3) is 0.476. The van der Waals surface area contributed by atoms with E-state index in [0.717, 1.165) is 43.1 Å². The standard InChI is InChI=1S/C21H26ClN5O2/c1-23-20(28)17-9-24-27(13-17)21(29)26-11-15-7-18(8-16(15)12-26)25(2)10-14-5-3-4-6-19(14)22/h3-6,9,13,15-16,18H,7-8,10-12H2,1-2H3,(H,23,28)/t15-,16?,18?/m0/s1. The Balaban J connectivity index is 1.34. The van der Waals surface area contributed by atoms with E-state index < -0.39 is 0 Å². The molecule has 1 aromatic heterocycles. The maximum absolute atomic E-state index is 12.8. The lowest BCUT2D eigenvalue weighted by atomic mass is 10.0. The van der Waals surface area contributed by atoms with Crippen molar-refractivity contribution in [3.05, 3.63) is 52.8 Å². The van der Waals surface area contributed by atoms with Crippen molar-refractivity contribution in [2.45, 2.75) is 25.4 Å². The minimum atomic E-state index is -0.244. The first-order valence-corrected chi connectivity index (χ1v) is 10.3. The Morgan fingerprint density at radius 3 is 2.59 bits per heavy atom. The Bertz CT molecular complexity index is 900. The van der Waals surface area contributed by atoms with E-state index in [2.05, 4.69) is 28.4 Å². The zero-order chi connectivity index (χ0) is 20.5. The summed E-state index contributed by atoms with van der Waals surface area (Å²) in [5, 5.41) is 7.42. The van der Waals surface area contributed by atoms with E-state index in [-0.39, 0.29) is 11.9 Å². The van der Waals surface area contributed by atoms with Crippen LogP contribution in [0.2, 0.25) is 5.02 Å². The molecule has 29 heavy (non-hydrogen) atoms. The van der Waals surface area contributed by atoms with Gasteiger partial charge < -0.3 is 10.2 Å². The van der Waals surface area contributed by atoms with Gasteiger partial charge >= 0.3 is 6.03 Å². The van der Waals surface area contributed by atoms with Crippen molar-refractivity contribution >= 4 is 23.5 Å². The van der Waals surface area contributed by atoms with Crippen molar-refractivity contribution in [3.63, 3.8) is 0 Å². The van der Waals surface area contributed by atoms with Gasteiger partial charge in [-0.3, -0.25) is 9.69 Å². The Morgan fingerprint density at radius 2 is 1.93 bits per heavy atom. The summed E-state index contributed by atoms with van der Waals surface area (Å²) in [6, 6.07) is 8.33. The van der Waals surface area contributed by atoms with Crippen molar-refractivity contribution in [1.29, 1.82) is 0 Å². The van der Waals surface area contributed by atoms with Crippen LogP contribution >= 0.6 is 11.6 Å². The largest absolute Gasteiger partial charge is 0.355 e. The van der Waals surface area contributed by atoms with E-state index in [9.17, 15) is 9.59 Å². The molecule has 0 radical (unpaired) electrons. The lowest BCUT2D eigenvalue weighted by Crippen LogP contribution is -2.36. The fourth-order valence-electron chi connectivity index (χ4n) is 4.64. The summed E-state index contributed by atoms with van der Waals surface area (Å²) in [5.41, 5.74) is 1.54. The fourth-order valence-corrected chi connectivity index (χ4v) is 4.84. The van der Waals surface area contributed by atoms with Crippen LogP contribution in [0.15, 0.2) is 36.7 Å². The zero-order valence-corrected chi connectivity index (χ0v) is 17.5. The molecule has 1 aliphatic carbocycles. The average Bonchev–Trinajstić information content (AvgIpc) is 3.43. The van der Waals surface area contributed by atoms with Gasteiger partial charge in [0.1, 0.15) is 0 Å². The molecule has 0 spiro atoms. The van der Waals surface area contributed by atoms with Crippen molar-refractivity contribution < 1.29 is 9.59 Å². The minimum Gasteiger partial charge on any atom is -0.355 e. The third-order valence-corrected chi connectivity index (χ3v) is 6.63. The van der Waals surface area contributed by atoms with Crippen molar-refractivity contribution in [2.75, 3.05) is 27.2 Å². The number of fused-ring (bicyclic) bond motifs is 1. The molecule has 1 saturated heterocycles. The van der Waals surface area contributed by atoms with Crippen LogP contribution in [0.4, 0.5) is 4.79 Å². The molecular weight excluding hydrogens is 390 g/mol. The van der Waals surface area contributed by atoms with Crippen molar-refractivity contribution in [2.24, 2.45) is 11.8 Å². The second kappa shape index (κ2) is 8.16. The highest BCUT2D eigenvalue weighted by Crippen LogP contribution is 2.40. The Kier molecular flexibility index (Phi) is 5.61. The Labute approximate surface area is 175 Å². The van der Waals surface area contributed by atoms with Gasteiger partial charge in [-0.25, -0.2) is 4.79 Å². The summed E-state index contributed by atoms with van der Waals surface area (Å²) in [4.78, 5) is 28.7. The van der Waals surface area contributed by atoms with Crippen LogP contribution in [0.5, 0.6) is 0 Å². The molecule has 4 rings (SSSR count). The average molecular weight is 416 g/mol. The third kappa shape index (κ3) is 4.02. The molecule has 7 nitrogen and oxygen atoms in total. The summed E-state index contributed by atoms with van der Waals surface area (Å²) in [7, 11) is 3.71. The number of amides is 2. The Morgan fingerprint density at radius 1 is 1.24 bits per heavy atom. The third-order valence-electron chi connectivity index (χ3n) is 6.27. The number of likely N-dealkylation sites (tertiary alicyclic amines) is 1. The number of halogens is 1. The summed E-state index contributed by atoms with van der Waals surface area (Å²) in [6.45, 7) is 2.33. The van der Waals surface area contributed by atoms with Gasteiger partial charge in [0.2, 0.25) is 0 Å². The minimum absolute atomic E-state index is 0.157. The lowest BCUT2D eigenvalue weighted by molar-refractivity contribution is 0.0963. The first kappa shape index (κ1) is 19.9. The van der Waals surface area contributed by atoms with Crippen LogP contribution in [0, 0.1) is 11.8 Å². The molecule has 2 aliphatic rings. The molecule has 154 valence electrons. The van der Waals surface area contributed by atoms with E-state index in [1.54, 1.807) is 7.05 Å². The van der Waals surface area contributed by atoms with Gasteiger partial charge in [-0.15, -0.1) is 0 Å². The van der Waals surface area contributed by atoms with Gasteiger partial charge in [0.15, 0.2) is 0 Å². The van der Waals surface area contributed by atoms with E-state index >= 15 is 0 Å². The number of nitrogens with zero attached hydrogens (tertiary/aromatic N) is 4. The van der Waals surface area contributed by atoms with Gasteiger partial charge in [-0.05, 0) is 43.4 Å². The molecular formula is C21H26ClN5O2. The molecule has 8 heteroatoms. The van der Waals surface area contributed by atoms with Gasteiger partial charge in [0, 0.05) is 43.9 Å². The summed E-state index contributed by atoms with van der Waals surface area (Å²) >= 11 is 6.31. The highest BCUT2D eigenvalue weighted by Gasteiger charge is 2.43. The van der Waals surface area contributed by atoms with Crippen molar-refractivity contribution in [1.82, 2.24) is 24.9 Å². The number of rotatable bonds is 4. The molecule has 0 bridgehead atoms. The monoisotopic (exact) mass is 415 g/mol. The number of hydrogen-bond donors (Lipinski definition) is 1. The predicted molar refractivity (Wildman–Crippen MR) is 111 cm³/mol. The van der Waals surface area contributed by atoms with Gasteiger partial charge in [0.05, 0.1) is 11.8 Å². The first-order valence-electron chi connectivity index (χ1n) is 9.96. The maximum Gasteiger partial charge on any atom is 0.344 e. The summed E-state index contributed by atoms with van der Waals surface area (Å²) in [5.74, 6) is 0.768. The van der Waals surface area contributed by atoms with Crippen LogP contribution in [-0.4, -0.2) is 64.7 Å². The first-order chi connectivity index (χ1) is 14.0. The molecule has 1 aromatic carbocycles. The molecule has 1 aliphatic heterocycles. The quantitative estimate of drug-likeness (QED) is 0.833. The van der Waals surface area contributed by atoms with E-state index in [1.165, 1.54) is 17.1 Å². The number of hydrogen-bond acceptors (Lipinski definition) is 4. The molecule has 2 unspecified atom stereocenters. The zero-order valence-electron chi connectivity index (χ0n) is 16.7. The van der Waals surface area contributed by atoms with Crippen LogP contribution in [0.25, 0.3) is 0 Å². The summed E-state index contributed by atoms with van der Waals surface area (Å²) in [6.07, 6.45) is 5.08. The number of carbonyl (C=O) groups excluding carboxylic acids is 2. The maximum atomic E-state index is 12.8. The number of benzene rings is 1. The van der Waals surface area contributed by atoms with Gasteiger partial charge in [0.25, 0.3) is 5.91 Å². The molecule has 1 N–H and O–H groups in total. The highest BCUT2D eigenvalue weighted by molar-refractivity contribution is 6.31. The van der Waals surface area contributed by atoms with Crippen LogP contribution in [0.3, 0.4) is 0 Å². The van der Waals surface area contributed by atoms with E-state index in [1.807, 2.05) is 23.1 Å². The summed E-state index contributed by atoms with van der Waals surface area (Å²) < 4.78 is 1.27. The number of carbonyl (C=O) groups is 2. The molecule has 2 amide bonds. The second-order valence-corrected chi connectivity index (χ2v) is 8.50. The molecule has 1 saturated carbocycles. The Hall–Kier alpha value is -2.38. The topological polar surface area (TPSA) is 70.5 Å².